The van der Waals surface area contributed by atoms with Crippen LogP contribution in [0.15, 0.2) is 53.6 Å². The lowest BCUT2D eigenvalue weighted by molar-refractivity contribution is -0.142. The number of aliphatic hydroxyl groups excluding tert-OH is 1. The van der Waals surface area contributed by atoms with E-state index in [0.717, 1.165) is 10.8 Å². The number of aromatic amines is 1. The van der Waals surface area contributed by atoms with Crippen LogP contribution in [0.4, 0.5) is 5.95 Å². The molecule has 6 N–H and O–H groups in total. The molecule has 0 bridgehead atoms. The topological polar surface area (TPSA) is 196 Å². The van der Waals surface area contributed by atoms with Gasteiger partial charge in [0.15, 0.2) is 17.4 Å². The zero-order valence-electron chi connectivity index (χ0n) is 22.3. The molecule has 1 aliphatic rings. The highest BCUT2D eigenvalue weighted by Gasteiger charge is 2.54. The molecule has 218 valence electrons. The number of esters is 1. The Hall–Kier alpha value is -3.43. The minimum Gasteiger partial charge on any atom is -0.468 e. The van der Waals surface area contributed by atoms with E-state index in [9.17, 15) is 19.8 Å². The molecular weight excluding hydrogens is 575 g/mol. The second-order valence-corrected chi connectivity index (χ2v) is 12.8. The number of anilines is 1. The number of imidazole rings is 1. The van der Waals surface area contributed by atoms with E-state index in [1.165, 1.54) is 24.9 Å². The highest BCUT2D eigenvalue weighted by atomic mass is 32.5. The molecule has 5 rings (SSSR count). The first-order valence-corrected chi connectivity index (χ1v) is 15.1. The number of carbonyl (C=O) groups excluding carboxylic acids is 1. The molecule has 1 saturated heterocycles. The Morgan fingerprint density at radius 1 is 1.34 bits per heavy atom. The van der Waals surface area contributed by atoms with E-state index in [1.807, 2.05) is 30.3 Å². The number of hydrogen-bond acceptors (Lipinski definition) is 12. The Kier molecular flexibility index (Phi) is 7.87. The smallest absolute Gasteiger partial charge is 0.323 e. The number of carbonyl (C=O) groups is 1. The van der Waals surface area contributed by atoms with Gasteiger partial charge in [-0.05, 0) is 37.1 Å². The van der Waals surface area contributed by atoms with Crippen molar-refractivity contribution in [1.82, 2.24) is 24.6 Å². The number of nitrogens with one attached hydrogen (secondary N) is 2. The molecule has 41 heavy (non-hydrogen) atoms. The van der Waals surface area contributed by atoms with Gasteiger partial charge in [-0.2, -0.15) is 4.98 Å². The molecule has 0 saturated carbocycles. The number of methoxy groups -OCH3 is 1. The highest BCUT2D eigenvalue weighted by Crippen LogP contribution is 2.48. The SMILES string of the molecule is COC(=O)C(C)NP(=S)(OCC1OC(n2cnc3c(=O)[nH]c(N)nc32)C(C)(O)C1O)Oc1cccc2ccccc12. The quantitative estimate of drug-likeness (QED) is 0.136. The maximum absolute atomic E-state index is 12.2. The van der Waals surface area contributed by atoms with Gasteiger partial charge in [0, 0.05) is 5.39 Å². The number of nitrogen functional groups attached to an aromatic ring is 1. The van der Waals surface area contributed by atoms with Gasteiger partial charge in [0.2, 0.25) is 5.95 Å². The standard InChI is InChI=1S/C25H29N6O8PS/c1-13(22(34)36-3)30-40(41,39-16-10-6-8-14-7-4-5-9-15(14)16)37-11-17-19(32)25(2,35)23(38-17)31-12-27-18-20(31)28-24(26)29-21(18)33/h4-10,12-13,17,19,23,32,35H,11H2,1-3H3,(H,30,41)(H3,26,28,29,33). The number of fused-ring (bicyclic) bond motifs is 2. The van der Waals surface area contributed by atoms with Crippen LogP contribution in [-0.2, 0) is 30.6 Å². The normalized spacial score (nSPS) is 24.8. The lowest BCUT2D eigenvalue weighted by Gasteiger charge is -2.28. The number of benzene rings is 2. The molecular formula is C25H29N6O8PS. The van der Waals surface area contributed by atoms with Crippen LogP contribution in [0, 0.1) is 0 Å². The Morgan fingerprint density at radius 2 is 2.07 bits per heavy atom. The molecule has 2 aromatic heterocycles. The largest absolute Gasteiger partial charge is 0.468 e. The summed E-state index contributed by atoms with van der Waals surface area (Å²) in [5.74, 6) is -0.315. The van der Waals surface area contributed by atoms with E-state index >= 15 is 0 Å². The zero-order chi connectivity index (χ0) is 29.5. The predicted molar refractivity (Wildman–Crippen MR) is 153 cm³/mol. The summed E-state index contributed by atoms with van der Waals surface area (Å²) >= 11 is 5.79. The van der Waals surface area contributed by atoms with Crippen molar-refractivity contribution < 1.29 is 33.5 Å². The maximum atomic E-state index is 12.2. The number of rotatable bonds is 9. The fraction of sp³-hybridized carbons (Fsp3) is 0.360. The van der Waals surface area contributed by atoms with Gasteiger partial charge >= 0.3 is 12.6 Å². The van der Waals surface area contributed by atoms with E-state index < -0.39 is 48.2 Å². The molecule has 14 nitrogen and oxygen atoms in total. The average molecular weight is 605 g/mol. The Balaban J connectivity index is 1.42. The van der Waals surface area contributed by atoms with Crippen LogP contribution in [0.25, 0.3) is 21.9 Å². The molecule has 1 fully saturated rings. The van der Waals surface area contributed by atoms with Crippen LogP contribution in [0.5, 0.6) is 5.75 Å². The second-order valence-electron chi connectivity index (χ2n) is 9.71. The van der Waals surface area contributed by atoms with Crippen LogP contribution in [0.1, 0.15) is 20.1 Å². The fourth-order valence-corrected chi connectivity index (χ4v) is 7.04. The molecule has 16 heteroatoms. The first-order chi connectivity index (χ1) is 19.4. The van der Waals surface area contributed by atoms with Crippen molar-refractivity contribution in [3.8, 4) is 5.75 Å². The summed E-state index contributed by atoms with van der Waals surface area (Å²) in [7, 11) is 1.25. The molecule has 0 amide bonds. The number of nitrogens with zero attached hydrogens (tertiary/aromatic N) is 3. The molecule has 0 spiro atoms. The minimum atomic E-state index is -3.51. The summed E-state index contributed by atoms with van der Waals surface area (Å²) in [6, 6.07) is 12.1. The third-order valence-electron chi connectivity index (χ3n) is 6.74. The lowest BCUT2D eigenvalue weighted by Crippen LogP contribution is -2.44. The third kappa shape index (κ3) is 5.57. The summed E-state index contributed by atoms with van der Waals surface area (Å²) < 4.78 is 24.4. The maximum Gasteiger partial charge on any atom is 0.323 e. The molecule has 6 atom stereocenters. The van der Waals surface area contributed by atoms with Crippen molar-refractivity contribution in [3.05, 3.63) is 59.1 Å². The van der Waals surface area contributed by atoms with E-state index in [4.69, 9.17) is 36.1 Å². The number of ether oxygens (including phenoxy) is 2. The van der Waals surface area contributed by atoms with Gasteiger partial charge in [0.05, 0.1) is 20.0 Å². The van der Waals surface area contributed by atoms with Gasteiger partial charge in [0.25, 0.3) is 5.56 Å². The van der Waals surface area contributed by atoms with Crippen molar-refractivity contribution >= 4 is 52.3 Å². The van der Waals surface area contributed by atoms with Crippen molar-refractivity contribution in [3.63, 3.8) is 0 Å². The molecule has 0 aliphatic carbocycles. The van der Waals surface area contributed by atoms with Crippen LogP contribution in [0.3, 0.4) is 0 Å². The van der Waals surface area contributed by atoms with Gasteiger partial charge in [-0.15, -0.1) is 0 Å². The van der Waals surface area contributed by atoms with Crippen LogP contribution < -0.4 is 20.9 Å². The van der Waals surface area contributed by atoms with Gasteiger partial charge in [-0.1, -0.05) is 36.4 Å². The summed E-state index contributed by atoms with van der Waals surface area (Å²) in [4.78, 5) is 34.9. The first kappa shape index (κ1) is 29.1. The number of hydrogen-bond donors (Lipinski definition) is 5. The van der Waals surface area contributed by atoms with E-state index in [2.05, 4.69) is 20.0 Å². The third-order valence-corrected chi connectivity index (χ3v) is 9.23. The highest BCUT2D eigenvalue weighted by molar-refractivity contribution is 8.09. The van der Waals surface area contributed by atoms with Crippen molar-refractivity contribution in [2.45, 2.75) is 43.9 Å². The first-order valence-electron chi connectivity index (χ1n) is 12.5. The summed E-state index contributed by atoms with van der Waals surface area (Å²) in [5.41, 5.74) is 3.30. The van der Waals surface area contributed by atoms with Crippen molar-refractivity contribution in [1.29, 1.82) is 0 Å². The molecule has 4 aromatic rings. The Bertz CT molecular complexity index is 1710. The predicted octanol–water partition coefficient (Wildman–Crippen LogP) is 1.34. The van der Waals surface area contributed by atoms with Crippen LogP contribution >= 0.6 is 6.64 Å². The molecule has 0 radical (unpaired) electrons. The Labute approximate surface area is 238 Å². The van der Waals surface area contributed by atoms with Crippen molar-refractivity contribution in [2.24, 2.45) is 0 Å². The van der Waals surface area contributed by atoms with Crippen LogP contribution in [-0.4, -0.2) is 73.3 Å². The Morgan fingerprint density at radius 3 is 2.83 bits per heavy atom. The summed E-state index contributed by atoms with van der Waals surface area (Å²) in [5, 5.41) is 26.9. The average Bonchev–Trinajstić information content (AvgIpc) is 3.45. The molecule has 1 aliphatic heterocycles. The number of aromatic nitrogens is 4. The van der Waals surface area contributed by atoms with E-state index in [-0.39, 0.29) is 23.7 Å². The number of H-pyrrole nitrogens is 1. The summed E-state index contributed by atoms with van der Waals surface area (Å²) in [6.45, 7) is -0.922. The van der Waals surface area contributed by atoms with Gasteiger partial charge < -0.3 is 34.5 Å². The monoisotopic (exact) mass is 604 g/mol. The zero-order valence-corrected chi connectivity index (χ0v) is 24.0. The molecule has 3 heterocycles. The van der Waals surface area contributed by atoms with Gasteiger partial charge in [0.1, 0.15) is 29.6 Å². The van der Waals surface area contributed by atoms with Crippen molar-refractivity contribution in [2.75, 3.05) is 19.5 Å². The number of aliphatic hydroxyl groups is 2. The second kappa shape index (κ2) is 11.1. The van der Waals surface area contributed by atoms with Crippen LogP contribution in [0.2, 0.25) is 0 Å². The number of nitrogens with two attached hydrogens (primary N) is 1. The summed E-state index contributed by atoms with van der Waals surface area (Å²) in [6.07, 6.45) is -2.54. The van der Waals surface area contributed by atoms with Gasteiger partial charge in [-0.25, -0.2) is 10.1 Å². The van der Waals surface area contributed by atoms with E-state index in [0.29, 0.717) is 5.75 Å². The van der Waals surface area contributed by atoms with Gasteiger partial charge in [-0.3, -0.25) is 19.1 Å². The van der Waals surface area contributed by atoms with E-state index in [1.54, 1.807) is 19.1 Å². The lowest BCUT2D eigenvalue weighted by atomic mass is 9.96. The molecule has 6 unspecified atom stereocenters. The molecule has 2 aromatic carbocycles. The fourth-order valence-electron chi connectivity index (χ4n) is 4.63. The minimum absolute atomic E-state index is 0.0206.